The monoisotopic (exact) mass is 569 g/mol. The smallest absolute Gasteiger partial charge is 0.324 e. The van der Waals surface area contributed by atoms with Gasteiger partial charge < -0.3 is 14.2 Å². The van der Waals surface area contributed by atoms with Crippen LogP contribution in [0.15, 0.2) is 63.5 Å². The van der Waals surface area contributed by atoms with Gasteiger partial charge in [0.2, 0.25) is 5.82 Å². The van der Waals surface area contributed by atoms with Crippen molar-refractivity contribution >= 4 is 37.4 Å². The third kappa shape index (κ3) is 5.19. The number of hydrogen-bond acceptors (Lipinski definition) is 10. The topological polar surface area (TPSA) is 111 Å². The molecule has 0 amide bonds. The predicted octanol–water partition coefficient (Wildman–Crippen LogP) is 5.14. The van der Waals surface area contributed by atoms with Crippen LogP contribution in [0.5, 0.6) is 6.01 Å². The molecule has 2 aromatic carbocycles. The summed E-state index contributed by atoms with van der Waals surface area (Å²) in [7, 11) is -3.52. The molecule has 5 aromatic rings. The molecule has 1 fully saturated rings. The Bertz CT molecular complexity index is 1770. The maximum Gasteiger partial charge on any atom is 0.324 e. The number of sulfone groups is 1. The first-order valence-corrected chi connectivity index (χ1v) is 14.8. The molecule has 39 heavy (non-hydrogen) atoms. The number of anilines is 1. The highest BCUT2D eigenvalue weighted by atomic mass is 32.2. The Morgan fingerprint density at radius 2 is 1.82 bits per heavy atom. The van der Waals surface area contributed by atoms with Crippen molar-refractivity contribution in [2.75, 3.05) is 24.2 Å². The second kappa shape index (κ2) is 9.97. The SMILES string of the molecule is CS(=O)(=O)c1ccc(-c2csc3cnc(OC4CCN(c5nc(-c6ccc(F)cc6)no5)CC4)nc23)c(F)c1. The van der Waals surface area contributed by atoms with Crippen LogP contribution in [0.2, 0.25) is 0 Å². The first kappa shape index (κ1) is 25.3. The maximum absolute atomic E-state index is 14.9. The molecule has 6 rings (SSSR count). The molecule has 1 saturated heterocycles. The van der Waals surface area contributed by atoms with E-state index >= 15 is 0 Å². The van der Waals surface area contributed by atoms with Crippen molar-refractivity contribution in [3.63, 3.8) is 0 Å². The van der Waals surface area contributed by atoms with Gasteiger partial charge in [0.05, 0.1) is 21.3 Å². The fraction of sp³-hybridized carbons (Fsp3) is 0.231. The molecule has 3 aromatic heterocycles. The minimum Gasteiger partial charge on any atom is -0.460 e. The largest absolute Gasteiger partial charge is 0.460 e. The summed E-state index contributed by atoms with van der Waals surface area (Å²) < 4.78 is 63.8. The molecule has 0 bridgehead atoms. The molecule has 0 atom stereocenters. The Morgan fingerprint density at radius 1 is 1.05 bits per heavy atom. The molecule has 0 aliphatic carbocycles. The lowest BCUT2D eigenvalue weighted by Gasteiger charge is -2.30. The van der Waals surface area contributed by atoms with E-state index in [0.717, 1.165) is 17.0 Å². The van der Waals surface area contributed by atoms with Crippen LogP contribution in [-0.4, -0.2) is 54.0 Å². The number of fused-ring (bicyclic) bond motifs is 1. The Hall–Kier alpha value is -3.97. The highest BCUT2D eigenvalue weighted by Crippen LogP contribution is 2.35. The van der Waals surface area contributed by atoms with Crippen LogP contribution in [0.3, 0.4) is 0 Å². The number of nitrogens with zero attached hydrogens (tertiary/aromatic N) is 5. The van der Waals surface area contributed by atoms with Crippen LogP contribution in [0.4, 0.5) is 14.8 Å². The van der Waals surface area contributed by atoms with E-state index in [9.17, 15) is 17.2 Å². The number of rotatable bonds is 6. The summed E-state index contributed by atoms with van der Waals surface area (Å²) in [5.41, 5.74) is 2.00. The van der Waals surface area contributed by atoms with Gasteiger partial charge in [-0.15, -0.1) is 11.3 Å². The molecular formula is C26H21F2N5O4S2. The van der Waals surface area contributed by atoms with Gasteiger partial charge >= 0.3 is 12.0 Å². The maximum atomic E-state index is 14.9. The summed E-state index contributed by atoms with van der Waals surface area (Å²) in [6.45, 7) is 1.22. The van der Waals surface area contributed by atoms with Gasteiger partial charge in [-0.1, -0.05) is 11.2 Å². The molecule has 0 radical (unpaired) electrons. The van der Waals surface area contributed by atoms with Crippen molar-refractivity contribution in [3.05, 3.63) is 65.7 Å². The van der Waals surface area contributed by atoms with Crippen LogP contribution < -0.4 is 9.64 Å². The molecule has 0 saturated carbocycles. The summed E-state index contributed by atoms with van der Waals surface area (Å²) in [6.07, 6.45) is 3.85. The molecule has 0 unspecified atom stereocenters. The fourth-order valence-electron chi connectivity index (χ4n) is 4.38. The summed E-state index contributed by atoms with van der Waals surface area (Å²) >= 11 is 1.37. The van der Waals surface area contributed by atoms with E-state index in [1.165, 1.54) is 35.6 Å². The zero-order chi connectivity index (χ0) is 27.1. The van der Waals surface area contributed by atoms with E-state index in [2.05, 4.69) is 20.1 Å². The Morgan fingerprint density at radius 3 is 2.54 bits per heavy atom. The third-order valence-corrected chi connectivity index (χ3v) is 8.47. The van der Waals surface area contributed by atoms with Gasteiger partial charge in [0.1, 0.15) is 17.7 Å². The molecule has 0 spiro atoms. The molecule has 0 N–H and O–H groups in total. The fourth-order valence-corrected chi connectivity index (χ4v) is 5.88. The van der Waals surface area contributed by atoms with Gasteiger partial charge in [0.25, 0.3) is 0 Å². The molecule has 1 aliphatic heterocycles. The second-order valence-electron chi connectivity index (χ2n) is 9.14. The van der Waals surface area contributed by atoms with Crippen LogP contribution in [0.25, 0.3) is 32.7 Å². The molecule has 13 heteroatoms. The summed E-state index contributed by atoms with van der Waals surface area (Å²) in [5, 5.41) is 5.77. The van der Waals surface area contributed by atoms with Gasteiger partial charge in [-0.05, 0) is 36.4 Å². The number of hydrogen-bond donors (Lipinski definition) is 0. The first-order valence-electron chi connectivity index (χ1n) is 12.0. The summed E-state index contributed by atoms with van der Waals surface area (Å²) in [6, 6.07) is 10.3. The van der Waals surface area contributed by atoms with Crippen LogP contribution in [-0.2, 0) is 9.84 Å². The van der Waals surface area contributed by atoms with Gasteiger partial charge in [0, 0.05) is 54.3 Å². The lowest BCUT2D eigenvalue weighted by Crippen LogP contribution is -2.38. The number of halogens is 2. The molecule has 4 heterocycles. The van der Waals surface area contributed by atoms with Crippen molar-refractivity contribution in [2.45, 2.75) is 23.8 Å². The standard InChI is InChI=1S/C26H21F2N5O4S2/c1-39(34,35)18-6-7-19(21(28)12-18)20-14-38-22-13-29-25(30-23(20)22)36-17-8-10-33(11-9-17)26-31-24(32-37-26)15-2-4-16(27)5-3-15/h2-7,12-14,17H,8-11H2,1H3. The Labute approximate surface area is 226 Å². The van der Waals surface area contributed by atoms with Crippen LogP contribution in [0.1, 0.15) is 12.8 Å². The number of benzene rings is 2. The van der Waals surface area contributed by atoms with E-state index in [0.29, 0.717) is 54.4 Å². The van der Waals surface area contributed by atoms with Crippen molar-refractivity contribution < 1.29 is 26.5 Å². The lowest BCUT2D eigenvalue weighted by atomic mass is 10.1. The third-order valence-electron chi connectivity index (χ3n) is 6.45. The average Bonchev–Trinajstić information content (AvgIpc) is 3.57. The normalized spacial score (nSPS) is 14.7. The van der Waals surface area contributed by atoms with Crippen LogP contribution >= 0.6 is 11.3 Å². The predicted molar refractivity (Wildman–Crippen MR) is 141 cm³/mol. The summed E-state index contributed by atoms with van der Waals surface area (Å²) in [4.78, 5) is 15.2. The van der Waals surface area contributed by atoms with Gasteiger partial charge in [-0.3, -0.25) is 0 Å². The minimum atomic E-state index is -3.52. The van der Waals surface area contributed by atoms with Crippen LogP contribution in [0, 0.1) is 11.6 Å². The molecule has 200 valence electrons. The highest BCUT2D eigenvalue weighted by molar-refractivity contribution is 7.90. The lowest BCUT2D eigenvalue weighted by molar-refractivity contribution is 0.155. The Balaban J connectivity index is 1.14. The second-order valence-corrected chi connectivity index (χ2v) is 12.1. The minimum absolute atomic E-state index is 0.0829. The van der Waals surface area contributed by atoms with E-state index in [1.807, 2.05) is 4.90 Å². The highest BCUT2D eigenvalue weighted by Gasteiger charge is 2.26. The van der Waals surface area contributed by atoms with Gasteiger partial charge in [-0.2, -0.15) is 9.97 Å². The van der Waals surface area contributed by atoms with Crippen molar-refractivity contribution in [1.29, 1.82) is 0 Å². The Kier molecular flexibility index (Phi) is 6.47. The number of ether oxygens (including phenoxy) is 1. The first-order chi connectivity index (χ1) is 18.7. The zero-order valence-electron chi connectivity index (χ0n) is 20.5. The molecular weight excluding hydrogens is 548 g/mol. The van der Waals surface area contributed by atoms with Crippen molar-refractivity contribution in [2.24, 2.45) is 0 Å². The van der Waals surface area contributed by atoms with Crippen molar-refractivity contribution in [3.8, 4) is 28.5 Å². The summed E-state index contributed by atoms with van der Waals surface area (Å²) in [5.74, 6) is -0.591. The van der Waals surface area contributed by atoms with Crippen molar-refractivity contribution in [1.82, 2.24) is 20.1 Å². The molecule has 9 nitrogen and oxygen atoms in total. The van der Waals surface area contributed by atoms with E-state index < -0.39 is 15.7 Å². The number of aromatic nitrogens is 4. The van der Waals surface area contributed by atoms with Gasteiger partial charge in [-0.25, -0.2) is 22.2 Å². The number of piperidine rings is 1. The van der Waals surface area contributed by atoms with E-state index in [1.54, 1.807) is 23.7 Å². The van der Waals surface area contributed by atoms with Gasteiger partial charge in [0.15, 0.2) is 9.84 Å². The number of thiophene rings is 1. The average molecular weight is 570 g/mol. The zero-order valence-corrected chi connectivity index (χ0v) is 22.2. The van der Waals surface area contributed by atoms with E-state index in [4.69, 9.17) is 9.26 Å². The quantitative estimate of drug-likeness (QED) is 0.274. The van der Waals surface area contributed by atoms with E-state index in [-0.39, 0.29) is 28.4 Å². The molecule has 1 aliphatic rings.